The smallest absolute Gasteiger partial charge is 0.243 e. The highest BCUT2D eigenvalue weighted by molar-refractivity contribution is 7.89. The molecule has 4 rings (SSSR count). The molecule has 2 amide bonds. The van der Waals surface area contributed by atoms with Crippen LogP contribution in [0.1, 0.15) is 25.7 Å². The maximum atomic E-state index is 13.1. The fourth-order valence-electron chi connectivity index (χ4n) is 4.44. The second-order valence-electron chi connectivity index (χ2n) is 7.72. The van der Waals surface area contributed by atoms with Gasteiger partial charge in [-0.05, 0) is 37.1 Å². The Morgan fingerprint density at radius 3 is 1.96 bits per heavy atom. The van der Waals surface area contributed by atoms with Crippen LogP contribution in [0, 0.1) is 17.7 Å². The van der Waals surface area contributed by atoms with Crippen molar-refractivity contribution in [2.75, 3.05) is 32.8 Å². The van der Waals surface area contributed by atoms with E-state index >= 15 is 0 Å². The number of benzene rings is 1. The third-order valence-electron chi connectivity index (χ3n) is 6.06. The van der Waals surface area contributed by atoms with Crippen LogP contribution in [-0.2, 0) is 19.6 Å². The predicted molar refractivity (Wildman–Crippen MR) is 98.9 cm³/mol. The number of hydrogen-bond donors (Lipinski definition) is 0. The molecule has 0 radical (unpaired) electrons. The first-order chi connectivity index (χ1) is 13.4. The van der Waals surface area contributed by atoms with Gasteiger partial charge in [0.25, 0.3) is 0 Å². The Morgan fingerprint density at radius 1 is 0.893 bits per heavy atom. The molecule has 28 heavy (non-hydrogen) atoms. The van der Waals surface area contributed by atoms with Gasteiger partial charge in [0.1, 0.15) is 5.82 Å². The van der Waals surface area contributed by atoms with Crippen molar-refractivity contribution < 1.29 is 22.4 Å². The number of carbonyl (C=O) groups is 2. The number of likely N-dealkylation sites (tertiary alicyclic amines) is 1. The maximum absolute atomic E-state index is 13.1. The molecule has 1 aromatic rings. The van der Waals surface area contributed by atoms with Crippen LogP contribution in [0.5, 0.6) is 0 Å². The summed E-state index contributed by atoms with van der Waals surface area (Å²) >= 11 is 0. The van der Waals surface area contributed by atoms with Crippen molar-refractivity contribution in [1.82, 2.24) is 14.1 Å². The predicted octanol–water partition coefficient (Wildman–Crippen LogP) is 1.26. The Labute approximate surface area is 164 Å². The summed E-state index contributed by atoms with van der Waals surface area (Å²) in [5.41, 5.74) is 0. The molecule has 1 saturated carbocycles. The van der Waals surface area contributed by atoms with E-state index in [-0.39, 0.29) is 48.3 Å². The molecule has 9 heteroatoms. The van der Waals surface area contributed by atoms with E-state index in [4.69, 9.17) is 0 Å². The number of halogens is 1. The molecule has 0 spiro atoms. The topological polar surface area (TPSA) is 78.0 Å². The van der Waals surface area contributed by atoms with Crippen LogP contribution < -0.4 is 0 Å². The minimum absolute atomic E-state index is 0.0660. The molecule has 0 bridgehead atoms. The zero-order chi connectivity index (χ0) is 19.9. The Balaban J connectivity index is 1.37. The van der Waals surface area contributed by atoms with Gasteiger partial charge < -0.3 is 0 Å². The largest absolute Gasteiger partial charge is 0.283 e. The maximum Gasteiger partial charge on any atom is 0.243 e. The van der Waals surface area contributed by atoms with E-state index < -0.39 is 15.8 Å². The van der Waals surface area contributed by atoms with Gasteiger partial charge in [-0.2, -0.15) is 4.31 Å². The van der Waals surface area contributed by atoms with Crippen LogP contribution in [0.15, 0.2) is 29.2 Å². The number of piperazine rings is 1. The molecule has 3 aliphatic rings. The zero-order valence-corrected chi connectivity index (χ0v) is 16.4. The SMILES string of the molecule is O=C1[C@H]2CCCC[C@H]2C(=O)N1CN1CCN(S(=O)(=O)c2ccc(F)cc2)CC1. The Morgan fingerprint density at radius 2 is 1.43 bits per heavy atom. The van der Waals surface area contributed by atoms with Crippen molar-refractivity contribution in [1.29, 1.82) is 0 Å². The Hall–Kier alpha value is -1.84. The molecule has 152 valence electrons. The Bertz CT molecular complexity index is 842. The molecular formula is C19H24FN3O4S. The number of fused-ring (bicyclic) bond motifs is 1. The molecule has 2 heterocycles. The number of nitrogens with zero attached hydrogens (tertiary/aromatic N) is 3. The van der Waals surface area contributed by atoms with Gasteiger partial charge in [-0.3, -0.25) is 19.4 Å². The first kappa shape index (κ1) is 19.5. The second kappa shape index (κ2) is 7.53. The van der Waals surface area contributed by atoms with Gasteiger partial charge in [0.05, 0.1) is 23.4 Å². The fourth-order valence-corrected chi connectivity index (χ4v) is 5.86. The lowest BCUT2D eigenvalue weighted by atomic mass is 9.81. The summed E-state index contributed by atoms with van der Waals surface area (Å²) in [4.78, 5) is 28.6. The summed E-state index contributed by atoms with van der Waals surface area (Å²) < 4.78 is 39.8. The second-order valence-corrected chi connectivity index (χ2v) is 9.66. The van der Waals surface area contributed by atoms with Gasteiger partial charge in [0.2, 0.25) is 21.8 Å². The van der Waals surface area contributed by atoms with Gasteiger partial charge in [0, 0.05) is 26.2 Å². The standard InChI is InChI=1S/C19H24FN3O4S/c20-14-5-7-15(8-6-14)28(26,27)22-11-9-21(10-12-22)13-23-18(24)16-3-1-2-4-17(16)19(23)25/h5-8,16-17H,1-4,9-13H2/t16-,17+. The first-order valence-electron chi connectivity index (χ1n) is 9.71. The van der Waals surface area contributed by atoms with Gasteiger partial charge in [-0.15, -0.1) is 0 Å². The molecular weight excluding hydrogens is 385 g/mol. The molecule has 0 N–H and O–H groups in total. The molecule has 0 aromatic heterocycles. The number of carbonyl (C=O) groups excluding carboxylic acids is 2. The fraction of sp³-hybridized carbons (Fsp3) is 0.579. The summed E-state index contributed by atoms with van der Waals surface area (Å²) in [7, 11) is -3.68. The normalized spacial score (nSPS) is 27.2. The molecule has 2 saturated heterocycles. The van der Waals surface area contributed by atoms with Crippen LogP contribution in [0.4, 0.5) is 4.39 Å². The van der Waals surface area contributed by atoms with E-state index in [9.17, 15) is 22.4 Å². The van der Waals surface area contributed by atoms with Crippen LogP contribution >= 0.6 is 0 Å². The van der Waals surface area contributed by atoms with Crippen LogP contribution in [0.25, 0.3) is 0 Å². The van der Waals surface area contributed by atoms with E-state index in [1.54, 1.807) is 0 Å². The first-order valence-corrected chi connectivity index (χ1v) is 11.2. The third kappa shape index (κ3) is 3.46. The van der Waals surface area contributed by atoms with Crippen molar-refractivity contribution in [2.24, 2.45) is 11.8 Å². The third-order valence-corrected chi connectivity index (χ3v) is 7.97. The quantitative estimate of drug-likeness (QED) is 0.700. The monoisotopic (exact) mass is 409 g/mol. The van der Waals surface area contributed by atoms with Crippen molar-refractivity contribution in [3.05, 3.63) is 30.1 Å². The molecule has 3 fully saturated rings. The van der Waals surface area contributed by atoms with Crippen LogP contribution in [-0.4, -0.2) is 67.2 Å². The molecule has 1 aliphatic carbocycles. The lowest BCUT2D eigenvalue weighted by Crippen LogP contribution is -2.52. The number of amides is 2. The van der Waals surface area contributed by atoms with Gasteiger partial charge in [0.15, 0.2) is 0 Å². The Kier molecular flexibility index (Phi) is 5.24. The average Bonchev–Trinajstić information content (AvgIpc) is 2.94. The minimum atomic E-state index is -3.68. The van der Waals surface area contributed by atoms with E-state index in [2.05, 4.69) is 0 Å². The summed E-state index contributed by atoms with van der Waals surface area (Å²) in [6, 6.07) is 4.79. The molecule has 0 unspecified atom stereocenters. The van der Waals surface area contributed by atoms with Crippen molar-refractivity contribution >= 4 is 21.8 Å². The lowest BCUT2D eigenvalue weighted by molar-refractivity contribution is -0.142. The van der Waals surface area contributed by atoms with Crippen LogP contribution in [0.3, 0.4) is 0 Å². The van der Waals surface area contributed by atoms with E-state index in [1.165, 1.54) is 21.3 Å². The summed E-state index contributed by atoms with van der Waals surface area (Å²) in [6.07, 6.45) is 3.56. The van der Waals surface area contributed by atoms with Crippen molar-refractivity contribution in [3.63, 3.8) is 0 Å². The van der Waals surface area contributed by atoms with E-state index in [0.717, 1.165) is 37.8 Å². The number of imide groups is 1. The molecule has 1 aromatic carbocycles. The van der Waals surface area contributed by atoms with Gasteiger partial charge in [-0.1, -0.05) is 12.8 Å². The molecule has 7 nitrogen and oxygen atoms in total. The van der Waals surface area contributed by atoms with E-state index in [0.29, 0.717) is 13.1 Å². The summed E-state index contributed by atoms with van der Waals surface area (Å²) in [5, 5.41) is 0. The van der Waals surface area contributed by atoms with Crippen molar-refractivity contribution in [3.8, 4) is 0 Å². The van der Waals surface area contributed by atoms with Gasteiger partial charge >= 0.3 is 0 Å². The highest BCUT2D eigenvalue weighted by Gasteiger charge is 2.48. The summed E-state index contributed by atoms with van der Waals surface area (Å²) in [5.74, 6) is -0.959. The zero-order valence-electron chi connectivity index (χ0n) is 15.6. The molecule has 2 aliphatic heterocycles. The van der Waals surface area contributed by atoms with Crippen LogP contribution in [0.2, 0.25) is 0 Å². The number of sulfonamides is 1. The highest BCUT2D eigenvalue weighted by atomic mass is 32.2. The van der Waals surface area contributed by atoms with E-state index in [1.807, 2.05) is 4.90 Å². The number of rotatable bonds is 4. The number of hydrogen-bond acceptors (Lipinski definition) is 5. The summed E-state index contributed by atoms with van der Waals surface area (Å²) in [6.45, 7) is 1.64. The van der Waals surface area contributed by atoms with Crippen molar-refractivity contribution in [2.45, 2.75) is 30.6 Å². The lowest BCUT2D eigenvalue weighted by Gasteiger charge is -2.35. The minimum Gasteiger partial charge on any atom is -0.283 e. The molecule has 2 atom stereocenters. The highest BCUT2D eigenvalue weighted by Crippen LogP contribution is 2.38. The average molecular weight is 409 g/mol. The van der Waals surface area contributed by atoms with Gasteiger partial charge in [-0.25, -0.2) is 12.8 Å².